The molecule has 0 heterocycles. The number of benzene rings is 1. The van der Waals surface area contributed by atoms with Crippen molar-refractivity contribution in [3.05, 3.63) is 39.7 Å². The van der Waals surface area contributed by atoms with Crippen LogP contribution in [0.4, 0.5) is 10.1 Å². The van der Waals surface area contributed by atoms with Gasteiger partial charge in [-0.1, -0.05) is 0 Å². The molecule has 0 fully saturated rings. The lowest BCUT2D eigenvalue weighted by molar-refractivity contribution is -0.385. The first kappa shape index (κ1) is 11.6. The molecule has 5 heteroatoms. The number of nitrogens with zero attached hydrogens (tertiary/aromatic N) is 1. The van der Waals surface area contributed by atoms with Gasteiger partial charge in [-0.2, -0.15) is 0 Å². The minimum Gasteiger partial charge on any atom is -0.393 e. The molecule has 0 saturated heterocycles. The van der Waals surface area contributed by atoms with E-state index in [0.29, 0.717) is 18.4 Å². The summed E-state index contributed by atoms with van der Waals surface area (Å²) in [6, 6.07) is 3.34. The fourth-order valence-electron chi connectivity index (χ4n) is 1.30. The molecule has 4 nitrogen and oxygen atoms in total. The average Bonchev–Trinajstić information content (AvgIpc) is 2.14. The van der Waals surface area contributed by atoms with Crippen molar-refractivity contribution in [2.45, 2.75) is 25.9 Å². The predicted molar refractivity (Wildman–Crippen MR) is 53.1 cm³/mol. The molecule has 1 rings (SSSR count). The number of nitro groups is 1. The van der Waals surface area contributed by atoms with Crippen LogP contribution < -0.4 is 0 Å². The van der Waals surface area contributed by atoms with Gasteiger partial charge >= 0.3 is 0 Å². The Morgan fingerprint density at radius 2 is 2.27 bits per heavy atom. The maximum absolute atomic E-state index is 12.8. The SMILES string of the molecule is C[C@@H](O)CCc1cc(F)ccc1[N+](=O)[O-]. The van der Waals surface area contributed by atoms with Gasteiger partial charge in [-0.3, -0.25) is 10.1 Å². The van der Waals surface area contributed by atoms with Gasteiger partial charge in [0.2, 0.25) is 0 Å². The summed E-state index contributed by atoms with van der Waals surface area (Å²) in [4.78, 5) is 10.1. The van der Waals surface area contributed by atoms with E-state index in [1.54, 1.807) is 6.92 Å². The molecular weight excluding hydrogens is 201 g/mol. The molecule has 0 spiro atoms. The Labute approximate surface area is 86.5 Å². The summed E-state index contributed by atoms with van der Waals surface area (Å²) in [5.74, 6) is -0.499. The van der Waals surface area contributed by atoms with E-state index in [0.717, 1.165) is 18.2 Å². The Kier molecular flexibility index (Phi) is 3.74. The molecule has 0 aromatic heterocycles. The first-order chi connectivity index (χ1) is 7.00. The van der Waals surface area contributed by atoms with Crippen LogP contribution in [0.25, 0.3) is 0 Å². The Morgan fingerprint density at radius 1 is 1.60 bits per heavy atom. The van der Waals surface area contributed by atoms with Gasteiger partial charge in [0, 0.05) is 11.6 Å². The highest BCUT2D eigenvalue weighted by Crippen LogP contribution is 2.21. The zero-order valence-corrected chi connectivity index (χ0v) is 8.31. The fraction of sp³-hybridized carbons (Fsp3) is 0.400. The second-order valence-electron chi connectivity index (χ2n) is 3.42. The predicted octanol–water partition coefficient (Wildman–Crippen LogP) is 2.05. The van der Waals surface area contributed by atoms with Crippen molar-refractivity contribution < 1.29 is 14.4 Å². The van der Waals surface area contributed by atoms with Gasteiger partial charge in [0.15, 0.2) is 0 Å². The van der Waals surface area contributed by atoms with E-state index in [-0.39, 0.29) is 5.69 Å². The van der Waals surface area contributed by atoms with Crippen LogP contribution in [0, 0.1) is 15.9 Å². The maximum atomic E-state index is 12.8. The summed E-state index contributed by atoms with van der Waals surface area (Å²) in [6.07, 6.45) is 0.128. The molecule has 82 valence electrons. The third-order valence-electron chi connectivity index (χ3n) is 2.07. The van der Waals surface area contributed by atoms with Crippen LogP contribution in [-0.2, 0) is 6.42 Å². The van der Waals surface area contributed by atoms with Gasteiger partial charge in [-0.15, -0.1) is 0 Å². The van der Waals surface area contributed by atoms with E-state index in [1.807, 2.05) is 0 Å². The molecule has 1 N–H and O–H groups in total. The lowest BCUT2D eigenvalue weighted by Gasteiger charge is -2.05. The normalized spacial score (nSPS) is 12.5. The van der Waals surface area contributed by atoms with Crippen molar-refractivity contribution in [2.24, 2.45) is 0 Å². The minimum absolute atomic E-state index is 0.1000. The Hall–Kier alpha value is -1.49. The third-order valence-corrected chi connectivity index (χ3v) is 2.07. The van der Waals surface area contributed by atoms with Gasteiger partial charge in [0.05, 0.1) is 11.0 Å². The van der Waals surface area contributed by atoms with Gasteiger partial charge in [-0.05, 0) is 31.9 Å². The van der Waals surface area contributed by atoms with Crippen molar-refractivity contribution in [3.8, 4) is 0 Å². The van der Waals surface area contributed by atoms with Crippen LogP contribution in [0.3, 0.4) is 0 Å². The largest absolute Gasteiger partial charge is 0.393 e. The van der Waals surface area contributed by atoms with Crippen LogP contribution in [0.15, 0.2) is 18.2 Å². The number of nitro benzene ring substituents is 1. The number of aryl methyl sites for hydroxylation is 1. The molecule has 0 aliphatic heterocycles. The highest BCUT2D eigenvalue weighted by Gasteiger charge is 2.14. The Bertz CT molecular complexity index is 366. The van der Waals surface area contributed by atoms with Gasteiger partial charge in [0.25, 0.3) is 5.69 Å². The molecule has 0 aliphatic rings. The van der Waals surface area contributed by atoms with Crippen LogP contribution in [0.5, 0.6) is 0 Å². The highest BCUT2D eigenvalue weighted by atomic mass is 19.1. The second-order valence-corrected chi connectivity index (χ2v) is 3.42. The zero-order valence-electron chi connectivity index (χ0n) is 8.31. The number of aliphatic hydroxyl groups is 1. The van der Waals surface area contributed by atoms with Crippen LogP contribution in [0.2, 0.25) is 0 Å². The molecule has 0 unspecified atom stereocenters. The molecule has 0 radical (unpaired) electrons. The summed E-state index contributed by atoms with van der Waals surface area (Å²) in [6.45, 7) is 1.59. The standard InChI is InChI=1S/C10H12FNO3/c1-7(13)2-3-8-6-9(11)4-5-10(8)12(14)15/h4-7,13H,2-3H2,1H3/t7-/m1/s1. The molecule has 0 aliphatic carbocycles. The van der Waals surface area contributed by atoms with Crippen LogP contribution in [-0.4, -0.2) is 16.1 Å². The van der Waals surface area contributed by atoms with E-state index in [1.165, 1.54) is 0 Å². The van der Waals surface area contributed by atoms with Gasteiger partial charge < -0.3 is 5.11 Å². The second kappa shape index (κ2) is 4.84. The fourth-order valence-corrected chi connectivity index (χ4v) is 1.30. The Morgan fingerprint density at radius 3 is 2.80 bits per heavy atom. The summed E-state index contributed by atoms with van der Waals surface area (Å²) in [7, 11) is 0. The quantitative estimate of drug-likeness (QED) is 0.615. The molecule has 1 atom stereocenters. The number of aliphatic hydroxyl groups excluding tert-OH is 1. The van der Waals surface area contributed by atoms with Crippen molar-refractivity contribution >= 4 is 5.69 Å². The molecule has 0 saturated carbocycles. The molecule has 1 aromatic carbocycles. The Balaban J connectivity index is 2.92. The molecular formula is C10H12FNO3. The number of halogens is 1. The van der Waals surface area contributed by atoms with Crippen molar-refractivity contribution in [2.75, 3.05) is 0 Å². The number of hydrogen-bond acceptors (Lipinski definition) is 3. The third kappa shape index (κ3) is 3.28. The van der Waals surface area contributed by atoms with E-state index < -0.39 is 16.8 Å². The monoisotopic (exact) mass is 213 g/mol. The highest BCUT2D eigenvalue weighted by molar-refractivity contribution is 5.40. The van der Waals surface area contributed by atoms with E-state index in [2.05, 4.69) is 0 Å². The maximum Gasteiger partial charge on any atom is 0.272 e. The van der Waals surface area contributed by atoms with Gasteiger partial charge in [0.1, 0.15) is 5.82 Å². The van der Waals surface area contributed by atoms with Crippen LogP contribution >= 0.6 is 0 Å². The lowest BCUT2D eigenvalue weighted by atomic mass is 10.1. The van der Waals surface area contributed by atoms with E-state index >= 15 is 0 Å². The van der Waals surface area contributed by atoms with E-state index in [9.17, 15) is 14.5 Å². The molecule has 1 aromatic rings. The zero-order chi connectivity index (χ0) is 11.4. The van der Waals surface area contributed by atoms with Crippen molar-refractivity contribution in [1.29, 1.82) is 0 Å². The van der Waals surface area contributed by atoms with Gasteiger partial charge in [-0.25, -0.2) is 4.39 Å². The lowest BCUT2D eigenvalue weighted by Crippen LogP contribution is -2.03. The molecule has 15 heavy (non-hydrogen) atoms. The summed E-state index contributed by atoms with van der Waals surface area (Å²) in [5, 5.41) is 19.6. The topological polar surface area (TPSA) is 63.4 Å². The van der Waals surface area contributed by atoms with Crippen molar-refractivity contribution in [3.63, 3.8) is 0 Å². The molecule has 0 amide bonds. The molecule has 0 bridgehead atoms. The summed E-state index contributed by atoms with van der Waals surface area (Å²) < 4.78 is 12.8. The smallest absolute Gasteiger partial charge is 0.272 e. The number of rotatable bonds is 4. The van der Waals surface area contributed by atoms with E-state index in [4.69, 9.17) is 5.11 Å². The summed E-state index contributed by atoms with van der Waals surface area (Å²) >= 11 is 0. The number of hydrogen-bond donors (Lipinski definition) is 1. The van der Waals surface area contributed by atoms with Crippen molar-refractivity contribution in [1.82, 2.24) is 0 Å². The first-order valence-corrected chi connectivity index (χ1v) is 4.61. The first-order valence-electron chi connectivity index (χ1n) is 4.61. The van der Waals surface area contributed by atoms with Crippen LogP contribution in [0.1, 0.15) is 18.9 Å². The average molecular weight is 213 g/mol. The minimum atomic E-state index is -0.548. The summed E-state index contributed by atoms with van der Waals surface area (Å²) in [5.41, 5.74) is 0.220.